The summed E-state index contributed by atoms with van der Waals surface area (Å²) in [6, 6.07) is 68.7. The third-order valence-corrected chi connectivity index (χ3v) is 10.8. The molecule has 0 spiro atoms. The Morgan fingerprint density at radius 1 is 0.309 bits per heavy atom. The molecule has 0 bridgehead atoms. The molecule has 0 aliphatic carbocycles. The predicted octanol–water partition coefficient (Wildman–Crippen LogP) is 13.1. The van der Waals surface area contributed by atoms with Crippen molar-refractivity contribution < 1.29 is 0 Å². The van der Waals surface area contributed by atoms with Crippen molar-refractivity contribution >= 4 is 54.1 Å². The monoisotopic (exact) mass is 700 g/mol. The predicted molar refractivity (Wildman–Crippen MR) is 228 cm³/mol. The molecule has 0 saturated carbocycles. The van der Waals surface area contributed by atoms with E-state index in [4.69, 9.17) is 15.0 Å². The van der Waals surface area contributed by atoms with E-state index in [1.54, 1.807) is 0 Å². The Morgan fingerprint density at radius 2 is 0.873 bits per heavy atom. The van der Waals surface area contributed by atoms with E-state index in [-0.39, 0.29) is 0 Å². The molecule has 0 saturated heterocycles. The van der Waals surface area contributed by atoms with E-state index in [0.29, 0.717) is 17.5 Å². The first-order chi connectivity index (χ1) is 27.3. The summed E-state index contributed by atoms with van der Waals surface area (Å²) in [6.07, 6.45) is 0. The number of hydrogen-bond donors (Lipinski definition) is 0. The van der Waals surface area contributed by atoms with Crippen molar-refractivity contribution in [1.29, 1.82) is 0 Å². The average molecular weight is 701 g/mol. The first-order valence-electron chi connectivity index (χ1n) is 18.6. The van der Waals surface area contributed by atoms with Crippen LogP contribution in [0.15, 0.2) is 194 Å². The molecule has 0 amide bonds. The van der Waals surface area contributed by atoms with Crippen LogP contribution in [0.2, 0.25) is 0 Å². The molecule has 9 aromatic carbocycles. The van der Waals surface area contributed by atoms with Gasteiger partial charge in [-0.2, -0.15) is 0 Å². The SMILES string of the molecule is c1ccc(-c2nc(-c3ccc(-c4ccc5ccccc5c4)cc3)nc(-c3ccc(-n4c5ccccc5c5c6ccccc6ccc54)c4ccccc34)n2)cc1. The number of benzene rings is 9. The van der Waals surface area contributed by atoms with Crippen LogP contribution in [0.1, 0.15) is 0 Å². The van der Waals surface area contributed by atoms with Crippen molar-refractivity contribution in [2.45, 2.75) is 0 Å². The Kier molecular flexibility index (Phi) is 7.14. The van der Waals surface area contributed by atoms with Crippen LogP contribution in [-0.4, -0.2) is 19.5 Å². The zero-order valence-electron chi connectivity index (χ0n) is 29.8. The van der Waals surface area contributed by atoms with Gasteiger partial charge in [0.2, 0.25) is 0 Å². The number of fused-ring (bicyclic) bond motifs is 7. The molecule has 0 fully saturated rings. The van der Waals surface area contributed by atoms with Crippen LogP contribution in [0.5, 0.6) is 0 Å². The van der Waals surface area contributed by atoms with Crippen molar-refractivity contribution in [3.63, 3.8) is 0 Å². The maximum absolute atomic E-state index is 5.19. The zero-order chi connectivity index (χ0) is 36.3. The molecule has 11 aromatic rings. The third kappa shape index (κ3) is 5.19. The molecule has 256 valence electrons. The van der Waals surface area contributed by atoms with E-state index < -0.39 is 0 Å². The lowest BCUT2D eigenvalue weighted by molar-refractivity contribution is 1.08. The van der Waals surface area contributed by atoms with Gasteiger partial charge in [-0.15, -0.1) is 0 Å². The Hall–Kier alpha value is -7.43. The molecule has 0 aliphatic rings. The highest BCUT2D eigenvalue weighted by atomic mass is 15.0. The smallest absolute Gasteiger partial charge is 0.164 e. The summed E-state index contributed by atoms with van der Waals surface area (Å²) in [5.41, 5.74) is 8.62. The van der Waals surface area contributed by atoms with Crippen molar-refractivity contribution in [2.24, 2.45) is 0 Å². The van der Waals surface area contributed by atoms with E-state index in [1.807, 2.05) is 18.2 Å². The van der Waals surface area contributed by atoms with Crippen molar-refractivity contribution in [1.82, 2.24) is 19.5 Å². The second-order valence-corrected chi connectivity index (χ2v) is 14.0. The summed E-state index contributed by atoms with van der Waals surface area (Å²) < 4.78 is 2.41. The van der Waals surface area contributed by atoms with Gasteiger partial charge in [-0.1, -0.05) is 164 Å². The van der Waals surface area contributed by atoms with Crippen LogP contribution in [0.4, 0.5) is 0 Å². The van der Waals surface area contributed by atoms with Gasteiger partial charge in [-0.3, -0.25) is 0 Å². The molecular weight excluding hydrogens is 669 g/mol. The lowest BCUT2D eigenvalue weighted by Crippen LogP contribution is -2.01. The number of rotatable bonds is 5. The lowest BCUT2D eigenvalue weighted by atomic mass is 10.00. The molecule has 0 radical (unpaired) electrons. The first kappa shape index (κ1) is 31.1. The molecular formula is C51H32N4. The van der Waals surface area contributed by atoms with E-state index in [9.17, 15) is 0 Å². The summed E-state index contributed by atoms with van der Waals surface area (Å²) in [5, 5.41) is 9.66. The van der Waals surface area contributed by atoms with Gasteiger partial charge in [-0.25, -0.2) is 15.0 Å². The van der Waals surface area contributed by atoms with Crippen molar-refractivity contribution in [3.05, 3.63) is 194 Å². The van der Waals surface area contributed by atoms with Gasteiger partial charge in [0.25, 0.3) is 0 Å². The third-order valence-electron chi connectivity index (χ3n) is 10.8. The molecule has 0 aliphatic heterocycles. The Bertz CT molecular complexity index is 3250. The second-order valence-electron chi connectivity index (χ2n) is 14.0. The van der Waals surface area contributed by atoms with E-state index in [1.165, 1.54) is 48.9 Å². The molecule has 0 N–H and O–H groups in total. The average Bonchev–Trinajstić information content (AvgIpc) is 3.60. The van der Waals surface area contributed by atoms with Gasteiger partial charge < -0.3 is 4.57 Å². The fourth-order valence-corrected chi connectivity index (χ4v) is 8.19. The summed E-state index contributed by atoms with van der Waals surface area (Å²) in [4.78, 5) is 15.4. The summed E-state index contributed by atoms with van der Waals surface area (Å²) >= 11 is 0. The molecule has 4 heteroatoms. The van der Waals surface area contributed by atoms with E-state index in [0.717, 1.165) is 38.7 Å². The second kappa shape index (κ2) is 12.6. The van der Waals surface area contributed by atoms with Gasteiger partial charge in [-0.05, 0) is 68.4 Å². The summed E-state index contributed by atoms with van der Waals surface area (Å²) in [5.74, 6) is 1.91. The number of aromatic nitrogens is 4. The van der Waals surface area contributed by atoms with E-state index >= 15 is 0 Å². The van der Waals surface area contributed by atoms with Crippen LogP contribution in [0.25, 0.3) is 105 Å². The zero-order valence-corrected chi connectivity index (χ0v) is 29.8. The van der Waals surface area contributed by atoms with Crippen LogP contribution in [0.3, 0.4) is 0 Å². The fourth-order valence-electron chi connectivity index (χ4n) is 8.19. The quantitative estimate of drug-likeness (QED) is 0.179. The van der Waals surface area contributed by atoms with Gasteiger partial charge in [0.1, 0.15) is 0 Å². The van der Waals surface area contributed by atoms with Crippen molar-refractivity contribution in [3.8, 4) is 51.0 Å². The van der Waals surface area contributed by atoms with Crippen LogP contribution in [-0.2, 0) is 0 Å². The lowest BCUT2D eigenvalue weighted by Gasteiger charge is -2.15. The highest BCUT2D eigenvalue weighted by molar-refractivity contribution is 6.22. The van der Waals surface area contributed by atoms with E-state index in [2.05, 4.69) is 180 Å². The van der Waals surface area contributed by atoms with Gasteiger partial charge in [0, 0.05) is 32.8 Å². The Morgan fingerprint density at radius 3 is 1.67 bits per heavy atom. The highest BCUT2D eigenvalue weighted by Crippen LogP contribution is 2.40. The summed E-state index contributed by atoms with van der Waals surface area (Å²) in [6.45, 7) is 0. The van der Waals surface area contributed by atoms with Crippen molar-refractivity contribution in [2.75, 3.05) is 0 Å². The topological polar surface area (TPSA) is 43.6 Å². The molecule has 55 heavy (non-hydrogen) atoms. The molecule has 2 aromatic heterocycles. The molecule has 0 atom stereocenters. The molecule has 4 nitrogen and oxygen atoms in total. The maximum Gasteiger partial charge on any atom is 0.164 e. The number of hydrogen-bond acceptors (Lipinski definition) is 3. The minimum absolute atomic E-state index is 0.636. The largest absolute Gasteiger partial charge is 0.309 e. The molecule has 0 unspecified atom stereocenters. The van der Waals surface area contributed by atoms with Crippen LogP contribution in [0, 0.1) is 0 Å². The van der Waals surface area contributed by atoms with Crippen LogP contribution < -0.4 is 0 Å². The van der Waals surface area contributed by atoms with Gasteiger partial charge >= 0.3 is 0 Å². The van der Waals surface area contributed by atoms with Gasteiger partial charge in [0.05, 0.1) is 16.7 Å². The first-order valence-corrected chi connectivity index (χ1v) is 18.6. The Labute approximate surface area is 317 Å². The normalized spacial score (nSPS) is 11.6. The summed E-state index contributed by atoms with van der Waals surface area (Å²) in [7, 11) is 0. The maximum atomic E-state index is 5.19. The number of para-hydroxylation sites is 1. The van der Waals surface area contributed by atoms with Gasteiger partial charge in [0.15, 0.2) is 17.5 Å². The minimum atomic E-state index is 0.636. The molecule has 2 heterocycles. The standard InChI is InChI=1S/C51H32N4/c1-2-14-36(15-3-1)49-52-50(37-25-22-34(23-26-37)39-27-24-33-12-4-5-16-38(33)32-39)54-51(53-49)43-29-31-46(42-19-9-8-18-41(42)43)55-45-21-11-10-20-44(45)48-40-17-7-6-13-35(40)28-30-47(48)55/h1-32H. The number of nitrogens with zero attached hydrogens (tertiary/aromatic N) is 4. The molecule has 11 rings (SSSR count). The van der Waals surface area contributed by atoms with Crippen LogP contribution >= 0.6 is 0 Å². The Balaban J connectivity index is 1.08. The fraction of sp³-hybridized carbons (Fsp3) is 0. The minimum Gasteiger partial charge on any atom is -0.309 e. The highest BCUT2D eigenvalue weighted by Gasteiger charge is 2.19.